The quantitative estimate of drug-likeness (QED) is 0.796. The molecule has 0 aliphatic carbocycles. The summed E-state index contributed by atoms with van der Waals surface area (Å²) in [4.78, 5) is 7.24. The zero-order chi connectivity index (χ0) is 11.8. The molecule has 2 aliphatic heterocycles. The van der Waals surface area contributed by atoms with Crippen molar-refractivity contribution in [3.05, 3.63) is 34.1 Å². The van der Waals surface area contributed by atoms with Crippen LogP contribution in [0.3, 0.4) is 0 Å². The second-order valence-corrected chi connectivity index (χ2v) is 5.27. The van der Waals surface area contributed by atoms with E-state index in [1.165, 1.54) is 6.07 Å². The van der Waals surface area contributed by atoms with Gasteiger partial charge in [0.1, 0.15) is 18.3 Å². The van der Waals surface area contributed by atoms with Crippen molar-refractivity contribution in [2.24, 2.45) is 5.16 Å². The van der Waals surface area contributed by atoms with Gasteiger partial charge in [0.05, 0.1) is 6.54 Å². The summed E-state index contributed by atoms with van der Waals surface area (Å²) in [6.07, 6.45) is 0.762. The van der Waals surface area contributed by atoms with Gasteiger partial charge in [-0.2, -0.15) is 0 Å². The average molecular weight is 299 g/mol. The molecule has 2 heterocycles. The maximum Gasteiger partial charge on any atom is 0.145 e. The molecular weight excluding hydrogens is 287 g/mol. The number of hydrogen-bond acceptors (Lipinski definition) is 3. The van der Waals surface area contributed by atoms with Crippen LogP contribution in [0, 0.1) is 5.82 Å². The van der Waals surface area contributed by atoms with Gasteiger partial charge in [0.15, 0.2) is 0 Å². The lowest BCUT2D eigenvalue weighted by Gasteiger charge is -2.21. The molecule has 3 rings (SSSR count). The van der Waals surface area contributed by atoms with Crippen LogP contribution in [-0.2, 0) is 4.84 Å². The second kappa shape index (κ2) is 4.29. The van der Waals surface area contributed by atoms with Crippen LogP contribution in [-0.4, -0.2) is 30.4 Å². The van der Waals surface area contributed by atoms with Crippen LogP contribution < -0.4 is 0 Å². The Morgan fingerprint density at radius 1 is 1.47 bits per heavy atom. The third kappa shape index (κ3) is 2.04. The smallest absolute Gasteiger partial charge is 0.145 e. The van der Waals surface area contributed by atoms with E-state index in [0.29, 0.717) is 6.61 Å². The van der Waals surface area contributed by atoms with Crippen molar-refractivity contribution in [1.82, 2.24) is 4.90 Å². The summed E-state index contributed by atoms with van der Waals surface area (Å²) >= 11 is 3.27. The number of oxime groups is 1. The molecule has 5 heteroatoms. The Balaban J connectivity index is 1.86. The molecule has 0 bridgehead atoms. The molecule has 2 aliphatic rings. The van der Waals surface area contributed by atoms with E-state index in [-0.39, 0.29) is 11.7 Å². The highest BCUT2D eigenvalue weighted by molar-refractivity contribution is 9.10. The van der Waals surface area contributed by atoms with Gasteiger partial charge >= 0.3 is 0 Å². The number of fused-ring (bicyclic) bond motifs is 1. The molecule has 1 aromatic rings. The Hall–Kier alpha value is -1.10. The molecule has 1 aromatic carbocycles. The summed E-state index contributed by atoms with van der Waals surface area (Å²) in [5.74, 6) is 0.984. The van der Waals surface area contributed by atoms with E-state index < -0.39 is 0 Å². The monoisotopic (exact) mass is 298 g/mol. The maximum atomic E-state index is 13.9. The first kappa shape index (κ1) is 11.0. The molecule has 3 nitrogen and oxygen atoms in total. The summed E-state index contributed by atoms with van der Waals surface area (Å²) in [6, 6.07) is 5.25. The summed E-state index contributed by atoms with van der Waals surface area (Å²) in [6.45, 7) is 2.31. The Labute approximate surface area is 107 Å². The molecule has 0 N–H and O–H groups in total. The first-order valence-corrected chi connectivity index (χ1v) is 6.42. The van der Waals surface area contributed by atoms with Gasteiger partial charge in [-0.3, -0.25) is 0 Å². The van der Waals surface area contributed by atoms with E-state index in [4.69, 9.17) is 4.84 Å². The topological polar surface area (TPSA) is 24.8 Å². The van der Waals surface area contributed by atoms with Gasteiger partial charge in [0.25, 0.3) is 0 Å². The van der Waals surface area contributed by atoms with Crippen LogP contribution in [0.2, 0.25) is 0 Å². The highest BCUT2D eigenvalue weighted by Crippen LogP contribution is 2.32. The first-order chi connectivity index (χ1) is 8.24. The number of benzene rings is 1. The van der Waals surface area contributed by atoms with Gasteiger partial charge in [0.2, 0.25) is 0 Å². The molecule has 0 unspecified atom stereocenters. The molecule has 90 valence electrons. The van der Waals surface area contributed by atoms with Crippen molar-refractivity contribution < 1.29 is 9.23 Å². The molecule has 17 heavy (non-hydrogen) atoms. The second-order valence-electron chi connectivity index (χ2n) is 4.35. The summed E-state index contributed by atoms with van der Waals surface area (Å²) in [5, 5.41) is 4.03. The fourth-order valence-electron chi connectivity index (χ4n) is 2.41. The normalized spacial score (nSPS) is 23.1. The Kier molecular flexibility index (Phi) is 2.78. The van der Waals surface area contributed by atoms with E-state index in [1.54, 1.807) is 0 Å². The summed E-state index contributed by atoms with van der Waals surface area (Å²) in [7, 11) is 0. The SMILES string of the molecule is Fc1cc(Br)ccc1[C@H]1CC2=NOCCN2C1. The van der Waals surface area contributed by atoms with Gasteiger partial charge in [-0.1, -0.05) is 27.2 Å². The molecule has 1 fully saturated rings. The van der Waals surface area contributed by atoms with Crippen molar-refractivity contribution in [3.63, 3.8) is 0 Å². The van der Waals surface area contributed by atoms with Crippen molar-refractivity contribution >= 4 is 21.8 Å². The van der Waals surface area contributed by atoms with Crippen molar-refractivity contribution in [2.45, 2.75) is 12.3 Å². The molecule has 0 saturated carbocycles. The minimum Gasteiger partial charge on any atom is -0.392 e. The van der Waals surface area contributed by atoms with E-state index in [2.05, 4.69) is 26.0 Å². The third-order valence-electron chi connectivity index (χ3n) is 3.26. The van der Waals surface area contributed by atoms with Crippen LogP contribution in [0.4, 0.5) is 4.39 Å². The Bertz CT molecular complexity index is 478. The zero-order valence-electron chi connectivity index (χ0n) is 9.20. The Morgan fingerprint density at radius 3 is 3.12 bits per heavy atom. The molecule has 1 atom stereocenters. The molecule has 0 radical (unpaired) electrons. The fourth-order valence-corrected chi connectivity index (χ4v) is 2.75. The van der Waals surface area contributed by atoms with Crippen LogP contribution in [0.5, 0.6) is 0 Å². The number of rotatable bonds is 1. The minimum absolute atomic E-state index is 0.147. The number of nitrogens with zero attached hydrogens (tertiary/aromatic N) is 2. The first-order valence-electron chi connectivity index (χ1n) is 5.63. The number of halogens is 2. The van der Waals surface area contributed by atoms with Crippen molar-refractivity contribution in [2.75, 3.05) is 19.7 Å². The highest BCUT2D eigenvalue weighted by Gasteiger charge is 2.32. The predicted octanol–water partition coefficient (Wildman–Crippen LogP) is 2.72. The summed E-state index contributed by atoms with van der Waals surface area (Å²) < 4.78 is 14.6. The molecule has 0 aromatic heterocycles. The largest absolute Gasteiger partial charge is 0.392 e. The van der Waals surface area contributed by atoms with E-state index in [0.717, 1.165) is 35.4 Å². The average Bonchev–Trinajstić information content (AvgIpc) is 2.72. The Morgan fingerprint density at radius 2 is 2.35 bits per heavy atom. The van der Waals surface area contributed by atoms with Gasteiger partial charge in [-0.15, -0.1) is 0 Å². The van der Waals surface area contributed by atoms with Gasteiger partial charge in [-0.05, 0) is 17.7 Å². The molecular formula is C12H12BrFN2O. The number of hydrogen-bond donors (Lipinski definition) is 0. The lowest BCUT2D eigenvalue weighted by atomic mass is 9.98. The van der Waals surface area contributed by atoms with E-state index in [9.17, 15) is 4.39 Å². The zero-order valence-corrected chi connectivity index (χ0v) is 10.8. The lowest BCUT2D eigenvalue weighted by Crippen LogP contribution is -2.32. The standard InChI is InChI=1S/C12H12BrFN2O/c13-9-1-2-10(11(14)6-9)8-5-12-15-17-4-3-16(12)7-8/h1-2,6,8H,3-5,7H2/t8-/m0/s1. The van der Waals surface area contributed by atoms with Crippen molar-refractivity contribution in [3.8, 4) is 0 Å². The van der Waals surface area contributed by atoms with Crippen molar-refractivity contribution in [1.29, 1.82) is 0 Å². The van der Waals surface area contributed by atoms with Crippen LogP contribution >= 0.6 is 15.9 Å². The molecule has 1 saturated heterocycles. The highest BCUT2D eigenvalue weighted by atomic mass is 79.9. The molecule has 0 amide bonds. The third-order valence-corrected chi connectivity index (χ3v) is 3.75. The molecule has 0 spiro atoms. The maximum absolute atomic E-state index is 13.9. The van der Waals surface area contributed by atoms with E-state index in [1.807, 2.05) is 12.1 Å². The van der Waals surface area contributed by atoms with Crippen LogP contribution in [0.15, 0.2) is 27.8 Å². The minimum atomic E-state index is -0.147. The predicted molar refractivity (Wildman–Crippen MR) is 66.4 cm³/mol. The van der Waals surface area contributed by atoms with Gasteiger partial charge in [-0.25, -0.2) is 4.39 Å². The van der Waals surface area contributed by atoms with Gasteiger partial charge in [0, 0.05) is 23.4 Å². The van der Waals surface area contributed by atoms with E-state index >= 15 is 0 Å². The lowest BCUT2D eigenvalue weighted by molar-refractivity contribution is 0.106. The van der Waals surface area contributed by atoms with Crippen LogP contribution in [0.1, 0.15) is 17.9 Å². The van der Waals surface area contributed by atoms with Crippen LogP contribution in [0.25, 0.3) is 0 Å². The summed E-state index contributed by atoms with van der Waals surface area (Å²) in [5.41, 5.74) is 0.769. The number of amidine groups is 1. The van der Waals surface area contributed by atoms with Gasteiger partial charge < -0.3 is 9.74 Å². The fraction of sp³-hybridized carbons (Fsp3) is 0.417.